The Kier molecular flexibility index (Phi) is 4.45. The molecule has 22 heavy (non-hydrogen) atoms. The lowest BCUT2D eigenvalue weighted by molar-refractivity contribution is -0.131. The Morgan fingerprint density at radius 2 is 2.18 bits per heavy atom. The molecular weight excluding hydrogens is 302 g/mol. The molecule has 0 bridgehead atoms. The first-order chi connectivity index (χ1) is 10.6. The fourth-order valence-electron chi connectivity index (χ4n) is 2.62. The van der Waals surface area contributed by atoms with Crippen LogP contribution in [-0.2, 0) is 11.2 Å². The van der Waals surface area contributed by atoms with Crippen LogP contribution in [-0.4, -0.2) is 34.9 Å². The van der Waals surface area contributed by atoms with Crippen molar-refractivity contribution in [1.82, 2.24) is 9.88 Å². The van der Waals surface area contributed by atoms with E-state index in [2.05, 4.69) is 4.98 Å². The van der Waals surface area contributed by atoms with Crippen LogP contribution in [0.3, 0.4) is 0 Å². The highest BCUT2D eigenvalue weighted by Gasteiger charge is 2.22. The van der Waals surface area contributed by atoms with Gasteiger partial charge in [-0.05, 0) is 37.1 Å². The summed E-state index contributed by atoms with van der Waals surface area (Å²) in [5, 5.41) is 0.659. The first-order valence-electron chi connectivity index (χ1n) is 7.35. The maximum Gasteiger partial charge on any atom is 0.228 e. The number of amides is 1. The number of likely N-dealkylation sites (tertiary alicyclic amines) is 1. The molecule has 1 atom stereocenters. The van der Waals surface area contributed by atoms with Crippen LogP contribution in [0.25, 0.3) is 11.5 Å². The largest absolute Gasteiger partial charge is 0.444 e. The van der Waals surface area contributed by atoms with E-state index in [-0.39, 0.29) is 18.4 Å². The second kappa shape index (κ2) is 6.50. The van der Waals surface area contributed by atoms with E-state index < -0.39 is 0 Å². The van der Waals surface area contributed by atoms with E-state index in [4.69, 9.17) is 21.8 Å². The van der Waals surface area contributed by atoms with Gasteiger partial charge in [0, 0.05) is 29.7 Å². The highest BCUT2D eigenvalue weighted by Crippen LogP contribution is 2.21. The average Bonchev–Trinajstić information content (AvgIpc) is 2.96. The van der Waals surface area contributed by atoms with Crippen molar-refractivity contribution in [1.29, 1.82) is 0 Å². The predicted molar refractivity (Wildman–Crippen MR) is 84.4 cm³/mol. The molecule has 1 saturated heterocycles. The van der Waals surface area contributed by atoms with Crippen molar-refractivity contribution in [2.24, 2.45) is 5.73 Å². The molecule has 2 N–H and O–H groups in total. The lowest BCUT2D eigenvalue weighted by atomic mass is 10.1. The summed E-state index contributed by atoms with van der Waals surface area (Å²) in [6.07, 6.45) is 3.71. The Labute approximate surface area is 134 Å². The third-order valence-electron chi connectivity index (χ3n) is 3.79. The van der Waals surface area contributed by atoms with Crippen molar-refractivity contribution < 1.29 is 9.21 Å². The van der Waals surface area contributed by atoms with Crippen LogP contribution < -0.4 is 5.73 Å². The number of hydrogen-bond acceptors (Lipinski definition) is 4. The Morgan fingerprint density at radius 1 is 1.41 bits per heavy atom. The summed E-state index contributed by atoms with van der Waals surface area (Å²) in [7, 11) is 0. The molecule has 0 unspecified atom stereocenters. The van der Waals surface area contributed by atoms with Crippen molar-refractivity contribution >= 4 is 17.5 Å². The van der Waals surface area contributed by atoms with Crippen LogP contribution in [0, 0.1) is 0 Å². The molecule has 0 saturated carbocycles. The van der Waals surface area contributed by atoms with Crippen LogP contribution in [0.1, 0.15) is 18.5 Å². The Hall–Kier alpha value is -1.85. The highest BCUT2D eigenvalue weighted by molar-refractivity contribution is 6.30. The number of nitrogens with two attached hydrogens (primary N) is 1. The topological polar surface area (TPSA) is 72.4 Å². The monoisotopic (exact) mass is 319 g/mol. The van der Waals surface area contributed by atoms with Gasteiger partial charge in [0.25, 0.3) is 0 Å². The lowest BCUT2D eigenvalue weighted by Gasteiger charge is -2.30. The van der Waals surface area contributed by atoms with E-state index in [9.17, 15) is 4.79 Å². The Morgan fingerprint density at radius 3 is 2.91 bits per heavy atom. The van der Waals surface area contributed by atoms with Gasteiger partial charge in [-0.15, -0.1) is 0 Å². The summed E-state index contributed by atoms with van der Waals surface area (Å²) in [6.45, 7) is 1.40. The molecule has 3 rings (SSSR count). The molecule has 1 aromatic heterocycles. The molecule has 1 aliphatic heterocycles. The third-order valence-corrected chi connectivity index (χ3v) is 4.04. The molecule has 1 aromatic carbocycles. The standard InChI is InChI=1S/C16H18ClN3O2/c17-12-5-3-11(4-6-12)16-19-14(10-22-16)8-15(21)20-7-1-2-13(18)9-20/h3-6,10,13H,1-2,7-9,18H2/t13-/m0/s1. The normalized spacial score (nSPS) is 18.5. The van der Waals surface area contributed by atoms with Gasteiger partial charge in [-0.3, -0.25) is 4.79 Å². The summed E-state index contributed by atoms with van der Waals surface area (Å²) >= 11 is 5.86. The zero-order valence-electron chi connectivity index (χ0n) is 12.2. The predicted octanol–water partition coefficient (Wildman–Crippen LogP) is 2.49. The fraction of sp³-hybridized carbons (Fsp3) is 0.375. The Bertz CT molecular complexity index is 654. The minimum atomic E-state index is 0.0473. The summed E-state index contributed by atoms with van der Waals surface area (Å²) in [4.78, 5) is 18.5. The number of nitrogens with zero attached hydrogens (tertiary/aromatic N) is 2. The van der Waals surface area contributed by atoms with Gasteiger partial charge in [0.1, 0.15) is 6.26 Å². The number of rotatable bonds is 3. The number of oxazole rings is 1. The van der Waals surface area contributed by atoms with E-state index in [1.165, 1.54) is 6.26 Å². The van der Waals surface area contributed by atoms with Crippen molar-refractivity contribution in [3.63, 3.8) is 0 Å². The van der Waals surface area contributed by atoms with Crippen LogP contribution in [0.5, 0.6) is 0 Å². The number of aromatic nitrogens is 1. The number of hydrogen-bond donors (Lipinski definition) is 1. The van der Waals surface area contributed by atoms with Gasteiger partial charge in [0.05, 0.1) is 12.1 Å². The lowest BCUT2D eigenvalue weighted by Crippen LogP contribution is -2.46. The summed E-state index contributed by atoms with van der Waals surface area (Å²) in [5.74, 6) is 0.543. The number of carbonyl (C=O) groups excluding carboxylic acids is 1. The van der Waals surface area contributed by atoms with Crippen molar-refractivity contribution in [3.8, 4) is 11.5 Å². The van der Waals surface area contributed by atoms with Gasteiger partial charge >= 0.3 is 0 Å². The smallest absolute Gasteiger partial charge is 0.228 e. The van der Waals surface area contributed by atoms with Gasteiger partial charge < -0.3 is 15.1 Å². The van der Waals surface area contributed by atoms with Crippen molar-refractivity contribution in [2.45, 2.75) is 25.3 Å². The molecule has 2 heterocycles. The number of piperidine rings is 1. The van der Waals surface area contributed by atoms with Crippen LogP contribution >= 0.6 is 11.6 Å². The van der Waals surface area contributed by atoms with Gasteiger partial charge in [-0.1, -0.05) is 11.6 Å². The maximum absolute atomic E-state index is 12.3. The Balaban J connectivity index is 1.66. The quantitative estimate of drug-likeness (QED) is 0.943. The molecule has 2 aromatic rings. The first-order valence-corrected chi connectivity index (χ1v) is 7.73. The molecular formula is C16H18ClN3O2. The molecule has 6 heteroatoms. The first kappa shape index (κ1) is 15.1. The molecule has 1 aliphatic rings. The molecule has 116 valence electrons. The van der Waals surface area contributed by atoms with Crippen molar-refractivity contribution in [2.75, 3.05) is 13.1 Å². The van der Waals surface area contributed by atoms with E-state index in [1.807, 2.05) is 17.0 Å². The van der Waals surface area contributed by atoms with E-state index in [0.29, 0.717) is 23.2 Å². The minimum absolute atomic E-state index is 0.0473. The summed E-state index contributed by atoms with van der Waals surface area (Å²) in [5.41, 5.74) is 7.38. The van der Waals surface area contributed by atoms with Crippen LogP contribution in [0.4, 0.5) is 0 Å². The minimum Gasteiger partial charge on any atom is -0.444 e. The zero-order valence-corrected chi connectivity index (χ0v) is 12.9. The molecule has 0 radical (unpaired) electrons. The van der Waals surface area contributed by atoms with Gasteiger partial charge in [-0.2, -0.15) is 0 Å². The fourth-order valence-corrected chi connectivity index (χ4v) is 2.74. The molecule has 5 nitrogen and oxygen atoms in total. The average molecular weight is 320 g/mol. The molecule has 0 spiro atoms. The van der Waals surface area contributed by atoms with E-state index in [1.54, 1.807) is 12.1 Å². The second-order valence-electron chi connectivity index (χ2n) is 5.57. The molecule has 1 amide bonds. The van der Waals surface area contributed by atoms with Crippen molar-refractivity contribution in [3.05, 3.63) is 41.2 Å². The SMILES string of the molecule is N[C@H]1CCCN(C(=O)Cc2coc(-c3ccc(Cl)cc3)n2)C1. The third kappa shape index (κ3) is 3.48. The number of halogens is 1. The molecule has 1 fully saturated rings. The number of benzene rings is 1. The summed E-state index contributed by atoms with van der Waals surface area (Å²) < 4.78 is 5.45. The summed E-state index contributed by atoms with van der Waals surface area (Å²) in [6, 6.07) is 7.31. The van der Waals surface area contributed by atoms with Crippen LogP contribution in [0.15, 0.2) is 34.9 Å². The number of carbonyl (C=O) groups is 1. The highest BCUT2D eigenvalue weighted by atomic mass is 35.5. The zero-order chi connectivity index (χ0) is 15.5. The van der Waals surface area contributed by atoms with Crippen LogP contribution in [0.2, 0.25) is 5.02 Å². The van der Waals surface area contributed by atoms with E-state index >= 15 is 0 Å². The van der Waals surface area contributed by atoms with E-state index in [0.717, 1.165) is 24.9 Å². The second-order valence-corrected chi connectivity index (χ2v) is 6.01. The van der Waals surface area contributed by atoms with Gasteiger partial charge in [0.2, 0.25) is 11.8 Å². The maximum atomic E-state index is 12.3. The van der Waals surface area contributed by atoms with Gasteiger partial charge in [-0.25, -0.2) is 4.98 Å². The van der Waals surface area contributed by atoms with Gasteiger partial charge in [0.15, 0.2) is 0 Å². The molecule has 0 aliphatic carbocycles.